The van der Waals surface area contributed by atoms with Gasteiger partial charge in [0.05, 0.1) is 11.6 Å². The largest absolute Gasteiger partial charge is 0.367 e. The Morgan fingerprint density at radius 2 is 2.10 bits per heavy atom. The van der Waals surface area contributed by atoms with E-state index in [9.17, 15) is 0 Å². The molecule has 2 saturated heterocycles. The first-order chi connectivity index (χ1) is 14.7. The summed E-state index contributed by atoms with van der Waals surface area (Å²) in [7, 11) is 0. The zero-order chi connectivity index (χ0) is 20.5. The van der Waals surface area contributed by atoms with Crippen LogP contribution in [0.2, 0.25) is 0 Å². The molecule has 2 fully saturated rings. The molecule has 9 heteroatoms. The average molecular weight is 403 g/mol. The fourth-order valence-corrected chi connectivity index (χ4v) is 4.89. The fraction of sp³-hybridized carbons (Fsp3) is 0.476. The Morgan fingerprint density at radius 3 is 2.83 bits per heavy atom. The third kappa shape index (κ3) is 3.66. The summed E-state index contributed by atoms with van der Waals surface area (Å²) in [4.78, 5) is 16.2. The van der Waals surface area contributed by atoms with Crippen molar-refractivity contribution in [2.75, 3.05) is 17.2 Å². The topological polar surface area (TPSA) is 118 Å². The Hall–Kier alpha value is -3.25. The summed E-state index contributed by atoms with van der Waals surface area (Å²) in [5.74, 6) is 2.74. The maximum atomic E-state index is 8.95. The first kappa shape index (κ1) is 18.8. The Labute approximate surface area is 174 Å². The van der Waals surface area contributed by atoms with Gasteiger partial charge in [-0.2, -0.15) is 10.2 Å². The molecule has 3 N–H and O–H groups in total. The number of rotatable bonds is 6. The van der Waals surface area contributed by atoms with Crippen molar-refractivity contribution in [3.05, 3.63) is 30.2 Å². The normalized spacial score (nSPS) is 23.4. The van der Waals surface area contributed by atoms with Crippen LogP contribution in [0.25, 0.3) is 10.9 Å². The van der Waals surface area contributed by atoms with Crippen LogP contribution in [0.5, 0.6) is 0 Å². The highest BCUT2D eigenvalue weighted by molar-refractivity contribution is 5.91. The smallest absolute Gasteiger partial charge is 0.247 e. The predicted molar refractivity (Wildman–Crippen MR) is 114 cm³/mol. The van der Waals surface area contributed by atoms with Crippen LogP contribution < -0.4 is 10.6 Å². The van der Waals surface area contributed by atoms with Gasteiger partial charge in [0, 0.05) is 48.7 Å². The number of aryl methyl sites for hydroxylation is 1. The molecule has 154 valence electrons. The SMILES string of the molecule is Cc1nc(Nc2cc3ncccc3c(NC3CC4CCC(C3)N4CCC#N)n2)n[nH]1. The second-order valence-electron chi connectivity index (χ2n) is 8.14. The van der Waals surface area contributed by atoms with Gasteiger partial charge in [-0.25, -0.2) is 4.98 Å². The van der Waals surface area contributed by atoms with Crippen LogP contribution in [-0.2, 0) is 0 Å². The van der Waals surface area contributed by atoms with Gasteiger partial charge >= 0.3 is 0 Å². The molecule has 0 aromatic carbocycles. The molecular formula is C21H25N9. The van der Waals surface area contributed by atoms with Gasteiger partial charge in [-0.3, -0.25) is 15.0 Å². The molecule has 30 heavy (non-hydrogen) atoms. The Balaban J connectivity index is 1.38. The molecule has 2 unspecified atom stereocenters. The molecule has 2 aliphatic rings. The summed E-state index contributed by atoms with van der Waals surface area (Å²) in [6, 6.07) is 9.66. The van der Waals surface area contributed by atoms with Crippen molar-refractivity contribution in [3.8, 4) is 6.07 Å². The van der Waals surface area contributed by atoms with Crippen molar-refractivity contribution < 1.29 is 0 Å². The zero-order valence-electron chi connectivity index (χ0n) is 17.0. The lowest BCUT2D eigenvalue weighted by molar-refractivity contribution is 0.136. The van der Waals surface area contributed by atoms with E-state index in [1.807, 2.05) is 19.1 Å². The summed E-state index contributed by atoms with van der Waals surface area (Å²) >= 11 is 0. The lowest BCUT2D eigenvalue weighted by Crippen LogP contribution is -2.47. The van der Waals surface area contributed by atoms with Crippen LogP contribution in [0.15, 0.2) is 24.4 Å². The summed E-state index contributed by atoms with van der Waals surface area (Å²) in [5.41, 5.74) is 0.874. The van der Waals surface area contributed by atoms with E-state index in [4.69, 9.17) is 10.2 Å². The number of aromatic amines is 1. The Bertz CT molecular complexity index is 1070. The number of fused-ring (bicyclic) bond motifs is 3. The quantitative estimate of drug-likeness (QED) is 0.574. The molecule has 5 heterocycles. The van der Waals surface area contributed by atoms with Crippen LogP contribution in [0, 0.1) is 18.3 Å². The molecular weight excluding hydrogens is 378 g/mol. The summed E-state index contributed by atoms with van der Waals surface area (Å²) in [5, 5.41) is 23.8. The molecule has 9 nitrogen and oxygen atoms in total. The number of hydrogen-bond acceptors (Lipinski definition) is 8. The highest BCUT2D eigenvalue weighted by Crippen LogP contribution is 2.37. The minimum absolute atomic E-state index is 0.359. The van der Waals surface area contributed by atoms with Gasteiger partial charge in [0.25, 0.3) is 0 Å². The van der Waals surface area contributed by atoms with Gasteiger partial charge in [0.2, 0.25) is 5.95 Å². The molecule has 2 atom stereocenters. The molecule has 0 saturated carbocycles. The zero-order valence-corrected chi connectivity index (χ0v) is 17.0. The molecule has 0 radical (unpaired) electrons. The number of nitriles is 1. The van der Waals surface area contributed by atoms with E-state index in [0.29, 0.717) is 36.3 Å². The van der Waals surface area contributed by atoms with Gasteiger partial charge < -0.3 is 10.6 Å². The van der Waals surface area contributed by atoms with Crippen molar-refractivity contribution in [1.29, 1.82) is 5.26 Å². The second kappa shape index (κ2) is 7.88. The standard InChI is InChI=1S/C21H25N9/c1-13-24-21(29-28-13)27-19-12-18-17(4-2-8-23-18)20(26-19)25-14-10-15-5-6-16(11-14)30(15)9-3-7-22/h2,4,8,12,14-16H,3,5-6,9-11H2,1H3,(H3,24,25,26,27,28,29). The number of nitrogens with one attached hydrogen (secondary N) is 3. The molecule has 3 aromatic rings. The van der Waals surface area contributed by atoms with Gasteiger partial charge in [-0.05, 0) is 44.7 Å². The summed E-state index contributed by atoms with van der Waals surface area (Å²) in [6.45, 7) is 2.75. The summed E-state index contributed by atoms with van der Waals surface area (Å²) < 4.78 is 0. The number of anilines is 3. The maximum Gasteiger partial charge on any atom is 0.247 e. The molecule has 2 bridgehead atoms. The van der Waals surface area contributed by atoms with Crippen LogP contribution >= 0.6 is 0 Å². The lowest BCUT2D eigenvalue weighted by Gasteiger charge is -2.39. The summed E-state index contributed by atoms with van der Waals surface area (Å²) in [6.07, 6.45) is 6.98. The monoisotopic (exact) mass is 403 g/mol. The highest BCUT2D eigenvalue weighted by Gasteiger charge is 2.40. The Kier molecular flexibility index (Phi) is 4.93. The predicted octanol–water partition coefficient (Wildman–Crippen LogP) is 3.12. The molecule has 3 aromatic heterocycles. The van der Waals surface area contributed by atoms with Gasteiger partial charge in [0.15, 0.2) is 0 Å². The number of aromatic nitrogens is 5. The number of nitrogens with zero attached hydrogens (tertiary/aromatic N) is 6. The number of hydrogen-bond donors (Lipinski definition) is 3. The first-order valence-electron chi connectivity index (χ1n) is 10.5. The number of pyridine rings is 2. The van der Waals surface area contributed by atoms with E-state index < -0.39 is 0 Å². The molecule has 0 spiro atoms. The third-order valence-corrected chi connectivity index (χ3v) is 6.14. The van der Waals surface area contributed by atoms with Crippen molar-refractivity contribution in [3.63, 3.8) is 0 Å². The molecule has 5 rings (SSSR count). The highest BCUT2D eigenvalue weighted by atomic mass is 15.3. The van der Waals surface area contributed by atoms with Gasteiger partial charge in [-0.1, -0.05) is 0 Å². The maximum absolute atomic E-state index is 8.95. The molecule has 0 amide bonds. The van der Waals surface area contributed by atoms with E-state index in [-0.39, 0.29) is 0 Å². The van der Waals surface area contributed by atoms with E-state index in [1.54, 1.807) is 6.20 Å². The van der Waals surface area contributed by atoms with Crippen molar-refractivity contribution in [2.24, 2.45) is 0 Å². The lowest BCUT2D eigenvalue weighted by atomic mass is 9.97. The third-order valence-electron chi connectivity index (χ3n) is 6.14. The molecule has 0 aliphatic carbocycles. The van der Waals surface area contributed by atoms with Crippen LogP contribution in [-0.4, -0.2) is 54.7 Å². The first-order valence-corrected chi connectivity index (χ1v) is 10.5. The Morgan fingerprint density at radius 1 is 1.27 bits per heavy atom. The van der Waals surface area contributed by atoms with Crippen LogP contribution in [0.1, 0.15) is 37.9 Å². The van der Waals surface area contributed by atoms with E-state index in [1.165, 1.54) is 12.8 Å². The van der Waals surface area contributed by atoms with Crippen LogP contribution in [0.4, 0.5) is 17.6 Å². The van der Waals surface area contributed by atoms with E-state index >= 15 is 0 Å². The van der Waals surface area contributed by atoms with Crippen molar-refractivity contribution >= 4 is 28.5 Å². The van der Waals surface area contributed by atoms with E-state index in [2.05, 4.69) is 47.8 Å². The number of piperidine rings is 1. The minimum Gasteiger partial charge on any atom is -0.367 e. The van der Waals surface area contributed by atoms with Crippen LogP contribution in [0.3, 0.4) is 0 Å². The second-order valence-corrected chi connectivity index (χ2v) is 8.14. The van der Waals surface area contributed by atoms with Crippen molar-refractivity contribution in [1.82, 2.24) is 30.0 Å². The molecule has 2 aliphatic heterocycles. The fourth-order valence-electron chi connectivity index (χ4n) is 4.89. The van der Waals surface area contributed by atoms with Crippen molar-refractivity contribution in [2.45, 2.75) is 57.2 Å². The number of H-pyrrole nitrogens is 1. The minimum atomic E-state index is 0.359. The van der Waals surface area contributed by atoms with Gasteiger partial charge in [0.1, 0.15) is 17.5 Å². The van der Waals surface area contributed by atoms with Gasteiger partial charge in [-0.15, -0.1) is 5.10 Å². The van der Waals surface area contributed by atoms with E-state index in [0.717, 1.165) is 41.9 Å². The average Bonchev–Trinajstić information content (AvgIpc) is 3.25.